The molecule has 16 heavy (non-hydrogen) atoms. The van der Waals surface area contributed by atoms with Crippen LogP contribution in [0.4, 0.5) is 8.78 Å². The van der Waals surface area contributed by atoms with Crippen LogP contribution < -0.4 is 0 Å². The second kappa shape index (κ2) is 5.60. The number of likely N-dealkylation sites (tertiary alicyclic amines) is 1. The predicted octanol–water partition coefficient (Wildman–Crippen LogP) is 2.78. The summed E-state index contributed by atoms with van der Waals surface area (Å²) in [4.78, 5) is 12.5. The molecule has 1 rings (SSSR count). The third kappa shape index (κ3) is 3.16. The van der Waals surface area contributed by atoms with E-state index in [9.17, 15) is 13.6 Å². The van der Waals surface area contributed by atoms with Crippen molar-refractivity contribution in [3.8, 4) is 0 Å². The van der Waals surface area contributed by atoms with Crippen LogP contribution in [-0.2, 0) is 4.79 Å². The highest BCUT2D eigenvalue weighted by atomic mass is 19.3. The highest BCUT2D eigenvalue weighted by Gasteiger charge is 2.30. The monoisotopic (exact) mass is 233 g/mol. The second-order valence-corrected chi connectivity index (χ2v) is 5.09. The summed E-state index contributed by atoms with van der Waals surface area (Å²) >= 11 is 0. The van der Waals surface area contributed by atoms with Gasteiger partial charge in [0.1, 0.15) is 0 Å². The molecule has 0 radical (unpaired) electrons. The van der Waals surface area contributed by atoms with Crippen molar-refractivity contribution in [1.82, 2.24) is 4.90 Å². The average molecular weight is 233 g/mol. The summed E-state index contributed by atoms with van der Waals surface area (Å²) in [6.45, 7) is 7.43. The molecular formula is C12H21F2NO. The van der Waals surface area contributed by atoms with Crippen LogP contribution in [0.1, 0.15) is 33.6 Å². The van der Waals surface area contributed by atoms with Crippen LogP contribution in [-0.4, -0.2) is 30.3 Å². The largest absolute Gasteiger partial charge is 0.338 e. The lowest BCUT2D eigenvalue weighted by Crippen LogP contribution is -2.36. The molecule has 0 saturated carbocycles. The molecule has 0 aromatic rings. The van der Waals surface area contributed by atoms with Crippen LogP contribution in [0.5, 0.6) is 0 Å². The fraction of sp³-hybridized carbons (Fsp3) is 0.917. The first-order valence-corrected chi connectivity index (χ1v) is 6.00. The first-order chi connectivity index (χ1) is 7.43. The van der Waals surface area contributed by atoms with E-state index < -0.39 is 12.3 Å². The summed E-state index contributed by atoms with van der Waals surface area (Å²) in [5, 5.41) is 0. The molecule has 0 bridgehead atoms. The standard InChI is InChI=1S/C12H21F2NO/c1-8(2)10-5-7-15(6-4-9(10)3)12(16)11(13)14/h8-11H,4-7H2,1-3H3. The van der Waals surface area contributed by atoms with E-state index in [1.807, 2.05) is 0 Å². The van der Waals surface area contributed by atoms with Crippen molar-refractivity contribution in [2.45, 2.75) is 40.0 Å². The first-order valence-electron chi connectivity index (χ1n) is 6.00. The molecular weight excluding hydrogens is 212 g/mol. The van der Waals surface area contributed by atoms with Crippen molar-refractivity contribution < 1.29 is 13.6 Å². The summed E-state index contributed by atoms with van der Waals surface area (Å²) in [7, 11) is 0. The Labute approximate surface area is 96.0 Å². The minimum atomic E-state index is -2.86. The molecule has 1 saturated heterocycles. The minimum absolute atomic E-state index is 0.480. The SMILES string of the molecule is CC(C)C1CCN(C(=O)C(F)F)CCC1C. The van der Waals surface area contributed by atoms with Crippen LogP contribution >= 0.6 is 0 Å². The van der Waals surface area contributed by atoms with E-state index in [2.05, 4.69) is 20.8 Å². The highest BCUT2D eigenvalue weighted by molar-refractivity contribution is 5.79. The van der Waals surface area contributed by atoms with Gasteiger partial charge in [-0.3, -0.25) is 4.79 Å². The number of carbonyl (C=O) groups excluding carboxylic acids is 1. The van der Waals surface area contributed by atoms with Gasteiger partial charge in [-0.05, 0) is 30.6 Å². The number of alkyl halides is 2. The van der Waals surface area contributed by atoms with Gasteiger partial charge in [-0.25, -0.2) is 0 Å². The second-order valence-electron chi connectivity index (χ2n) is 5.09. The molecule has 2 atom stereocenters. The molecule has 0 aromatic heterocycles. The Morgan fingerprint density at radius 2 is 1.81 bits per heavy atom. The van der Waals surface area contributed by atoms with Gasteiger partial charge in [0.25, 0.3) is 5.91 Å². The van der Waals surface area contributed by atoms with Gasteiger partial charge in [0.05, 0.1) is 0 Å². The van der Waals surface area contributed by atoms with Crippen LogP contribution in [0.2, 0.25) is 0 Å². The number of halogens is 2. The minimum Gasteiger partial charge on any atom is -0.338 e. The number of amides is 1. The lowest BCUT2D eigenvalue weighted by molar-refractivity contribution is -0.142. The summed E-state index contributed by atoms with van der Waals surface area (Å²) < 4.78 is 24.6. The zero-order chi connectivity index (χ0) is 12.3. The lowest BCUT2D eigenvalue weighted by Gasteiger charge is -2.24. The molecule has 0 N–H and O–H groups in total. The molecule has 2 unspecified atom stereocenters. The van der Waals surface area contributed by atoms with E-state index in [4.69, 9.17) is 0 Å². The maximum Gasteiger partial charge on any atom is 0.315 e. The van der Waals surface area contributed by atoms with Crippen molar-refractivity contribution >= 4 is 5.91 Å². The topological polar surface area (TPSA) is 20.3 Å². The Bertz CT molecular complexity index is 243. The van der Waals surface area contributed by atoms with Gasteiger partial charge < -0.3 is 4.90 Å². The highest BCUT2D eigenvalue weighted by Crippen LogP contribution is 2.30. The van der Waals surface area contributed by atoms with E-state index in [1.165, 1.54) is 4.90 Å². The average Bonchev–Trinajstić information content (AvgIpc) is 2.39. The number of rotatable bonds is 2. The fourth-order valence-corrected chi connectivity index (χ4v) is 2.62. The van der Waals surface area contributed by atoms with Crippen molar-refractivity contribution in [1.29, 1.82) is 0 Å². The fourth-order valence-electron chi connectivity index (χ4n) is 2.62. The van der Waals surface area contributed by atoms with Crippen LogP contribution in [0.25, 0.3) is 0 Å². The van der Waals surface area contributed by atoms with Gasteiger partial charge in [-0.15, -0.1) is 0 Å². The number of hydrogen-bond acceptors (Lipinski definition) is 1. The number of hydrogen-bond donors (Lipinski definition) is 0. The number of carbonyl (C=O) groups is 1. The summed E-state index contributed by atoms with van der Waals surface area (Å²) in [6, 6.07) is 0. The molecule has 1 heterocycles. The zero-order valence-electron chi connectivity index (χ0n) is 10.2. The van der Waals surface area contributed by atoms with E-state index >= 15 is 0 Å². The summed E-state index contributed by atoms with van der Waals surface area (Å²) in [5.41, 5.74) is 0. The zero-order valence-corrected chi connectivity index (χ0v) is 10.2. The van der Waals surface area contributed by atoms with Gasteiger partial charge in [0, 0.05) is 13.1 Å². The molecule has 1 fully saturated rings. The smallest absolute Gasteiger partial charge is 0.315 e. The molecule has 0 aliphatic carbocycles. The van der Waals surface area contributed by atoms with Crippen molar-refractivity contribution in [2.75, 3.05) is 13.1 Å². The molecule has 0 aromatic carbocycles. The van der Waals surface area contributed by atoms with Gasteiger partial charge >= 0.3 is 6.43 Å². The molecule has 2 nitrogen and oxygen atoms in total. The normalized spacial score (nSPS) is 27.3. The maximum absolute atomic E-state index is 12.3. The van der Waals surface area contributed by atoms with Crippen LogP contribution in [0, 0.1) is 17.8 Å². The summed E-state index contributed by atoms with van der Waals surface area (Å²) in [6.07, 6.45) is -1.18. The van der Waals surface area contributed by atoms with Gasteiger partial charge in [0.15, 0.2) is 0 Å². The third-order valence-corrected chi connectivity index (χ3v) is 3.67. The van der Waals surface area contributed by atoms with E-state index in [0.717, 1.165) is 12.8 Å². The van der Waals surface area contributed by atoms with Gasteiger partial charge in [0.2, 0.25) is 0 Å². The van der Waals surface area contributed by atoms with Crippen molar-refractivity contribution in [2.24, 2.45) is 17.8 Å². The Kier molecular flexibility index (Phi) is 4.69. The van der Waals surface area contributed by atoms with E-state index in [-0.39, 0.29) is 0 Å². The van der Waals surface area contributed by atoms with Crippen LogP contribution in [0.3, 0.4) is 0 Å². The van der Waals surface area contributed by atoms with Crippen molar-refractivity contribution in [3.05, 3.63) is 0 Å². The molecule has 1 amide bonds. The van der Waals surface area contributed by atoms with Gasteiger partial charge in [-0.1, -0.05) is 20.8 Å². The molecule has 1 aliphatic heterocycles. The Morgan fingerprint density at radius 3 is 2.31 bits per heavy atom. The predicted molar refractivity (Wildman–Crippen MR) is 59.3 cm³/mol. The Balaban J connectivity index is 2.61. The van der Waals surface area contributed by atoms with Gasteiger partial charge in [-0.2, -0.15) is 8.78 Å². The Morgan fingerprint density at radius 1 is 1.25 bits per heavy atom. The quantitative estimate of drug-likeness (QED) is 0.718. The lowest BCUT2D eigenvalue weighted by atomic mass is 9.81. The number of nitrogens with zero attached hydrogens (tertiary/aromatic N) is 1. The van der Waals surface area contributed by atoms with Crippen LogP contribution in [0.15, 0.2) is 0 Å². The molecule has 1 aliphatic rings. The third-order valence-electron chi connectivity index (χ3n) is 3.67. The molecule has 0 spiro atoms. The van der Waals surface area contributed by atoms with E-state index in [0.29, 0.717) is 30.8 Å². The molecule has 4 heteroatoms. The van der Waals surface area contributed by atoms with Crippen molar-refractivity contribution in [3.63, 3.8) is 0 Å². The summed E-state index contributed by atoms with van der Waals surface area (Å²) in [5.74, 6) is 0.596. The maximum atomic E-state index is 12.3. The first kappa shape index (κ1) is 13.4. The molecule has 94 valence electrons. The van der Waals surface area contributed by atoms with E-state index in [1.54, 1.807) is 0 Å². The Hall–Kier alpha value is -0.670.